The molecule has 0 bridgehead atoms. The molecule has 1 atom stereocenters. The molecule has 0 spiro atoms. The SMILES string of the molecule is CCn1c(Cc2ccccc2)nn(C[NH+](C)Cc2ccc(C(=O)NC)cc2)c1=S. The Morgan fingerprint density at radius 1 is 1.10 bits per heavy atom. The molecule has 0 aliphatic carbocycles. The molecule has 1 heterocycles. The molecule has 0 fully saturated rings. The van der Waals surface area contributed by atoms with Crippen LogP contribution in [-0.4, -0.2) is 34.4 Å². The fraction of sp³-hybridized carbons (Fsp3) is 0.318. The molecule has 7 heteroatoms. The van der Waals surface area contributed by atoms with Gasteiger partial charge >= 0.3 is 0 Å². The van der Waals surface area contributed by atoms with Crippen molar-refractivity contribution in [3.05, 3.63) is 81.9 Å². The van der Waals surface area contributed by atoms with Crippen LogP contribution in [0.25, 0.3) is 0 Å². The number of nitrogens with zero attached hydrogens (tertiary/aromatic N) is 3. The van der Waals surface area contributed by atoms with Crippen LogP contribution in [0.15, 0.2) is 54.6 Å². The number of quaternary nitrogens is 1. The molecule has 6 nitrogen and oxygen atoms in total. The van der Waals surface area contributed by atoms with Gasteiger partial charge in [0.2, 0.25) is 4.77 Å². The van der Waals surface area contributed by atoms with E-state index in [1.54, 1.807) is 7.05 Å². The Bertz CT molecular complexity index is 1010. The van der Waals surface area contributed by atoms with Crippen LogP contribution < -0.4 is 10.2 Å². The Balaban J connectivity index is 1.70. The first-order valence-electron chi connectivity index (χ1n) is 9.84. The highest BCUT2D eigenvalue weighted by Gasteiger charge is 2.14. The van der Waals surface area contributed by atoms with Gasteiger partial charge in [0.15, 0.2) is 6.67 Å². The first-order chi connectivity index (χ1) is 14.0. The summed E-state index contributed by atoms with van der Waals surface area (Å²) < 4.78 is 4.78. The third-order valence-corrected chi connectivity index (χ3v) is 5.32. The van der Waals surface area contributed by atoms with Gasteiger partial charge in [-0.25, -0.2) is 0 Å². The molecule has 0 saturated heterocycles. The van der Waals surface area contributed by atoms with Gasteiger partial charge in [-0.2, -0.15) is 9.78 Å². The van der Waals surface area contributed by atoms with Crippen molar-refractivity contribution < 1.29 is 9.69 Å². The second-order valence-corrected chi connectivity index (χ2v) is 7.54. The summed E-state index contributed by atoms with van der Waals surface area (Å²) in [5, 5.41) is 7.45. The van der Waals surface area contributed by atoms with Crippen molar-refractivity contribution in [3.63, 3.8) is 0 Å². The van der Waals surface area contributed by atoms with Crippen molar-refractivity contribution in [3.8, 4) is 0 Å². The molecule has 0 aliphatic heterocycles. The second kappa shape index (κ2) is 9.62. The summed E-state index contributed by atoms with van der Waals surface area (Å²) in [5.74, 6) is 0.922. The minimum atomic E-state index is -0.0698. The van der Waals surface area contributed by atoms with Gasteiger partial charge < -0.3 is 14.8 Å². The maximum Gasteiger partial charge on any atom is 0.251 e. The van der Waals surface area contributed by atoms with Gasteiger partial charge in [0.05, 0.1) is 7.05 Å². The van der Waals surface area contributed by atoms with E-state index in [2.05, 4.69) is 36.0 Å². The quantitative estimate of drug-likeness (QED) is 0.559. The Morgan fingerprint density at radius 2 is 1.79 bits per heavy atom. The van der Waals surface area contributed by atoms with Crippen molar-refractivity contribution in [1.82, 2.24) is 19.7 Å². The predicted molar refractivity (Wildman–Crippen MR) is 116 cm³/mol. The monoisotopic (exact) mass is 410 g/mol. The maximum absolute atomic E-state index is 11.7. The van der Waals surface area contributed by atoms with Gasteiger partial charge in [-0.15, -0.1) is 0 Å². The zero-order chi connectivity index (χ0) is 20.8. The molecule has 2 aromatic carbocycles. The Labute approximate surface area is 176 Å². The predicted octanol–water partition coefficient (Wildman–Crippen LogP) is 2.06. The van der Waals surface area contributed by atoms with Gasteiger partial charge in [-0.3, -0.25) is 4.79 Å². The first-order valence-corrected chi connectivity index (χ1v) is 10.3. The maximum atomic E-state index is 11.7. The lowest BCUT2D eigenvalue weighted by molar-refractivity contribution is -0.917. The van der Waals surface area contributed by atoms with E-state index in [1.807, 2.05) is 47.1 Å². The summed E-state index contributed by atoms with van der Waals surface area (Å²) in [6, 6.07) is 18.1. The van der Waals surface area contributed by atoms with Crippen LogP contribution in [0.1, 0.15) is 34.2 Å². The number of carbonyl (C=O) groups is 1. The Hall–Kier alpha value is -2.77. The Morgan fingerprint density at radius 3 is 2.41 bits per heavy atom. The molecule has 152 valence electrons. The number of hydrogen-bond acceptors (Lipinski definition) is 3. The minimum Gasteiger partial charge on any atom is -0.355 e. The summed E-state index contributed by atoms with van der Waals surface area (Å²) in [7, 11) is 3.76. The van der Waals surface area contributed by atoms with Gasteiger partial charge in [-0.1, -0.05) is 42.5 Å². The van der Waals surface area contributed by atoms with Gasteiger partial charge in [0.1, 0.15) is 12.4 Å². The number of benzene rings is 2. The van der Waals surface area contributed by atoms with E-state index in [4.69, 9.17) is 17.3 Å². The van der Waals surface area contributed by atoms with Crippen molar-refractivity contribution in [2.75, 3.05) is 14.1 Å². The average molecular weight is 411 g/mol. The molecule has 1 amide bonds. The fourth-order valence-corrected chi connectivity index (χ4v) is 3.73. The molecule has 0 radical (unpaired) electrons. The highest BCUT2D eigenvalue weighted by Crippen LogP contribution is 2.09. The average Bonchev–Trinajstić information content (AvgIpc) is 3.02. The first kappa shape index (κ1) is 21.0. The normalized spacial score (nSPS) is 12.0. The van der Waals surface area contributed by atoms with E-state index < -0.39 is 0 Å². The van der Waals surface area contributed by atoms with Crippen molar-refractivity contribution in [2.45, 2.75) is 33.1 Å². The van der Waals surface area contributed by atoms with E-state index in [-0.39, 0.29) is 5.91 Å². The van der Waals surface area contributed by atoms with Crippen LogP contribution in [0.3, 0.4) is 0 Å². The number of aromatic nitrogens is 3. The fourth-order valence-electron chi connectivity index (χ4n) is 3.39. The van der Waals surface area contributed by atoms with Gasteiger partial charge in [-0.05, 0) is 36.8 Å². The van der Waals surface area contributed by atoms with Crippen LogP contribution in [0.2, 0.25) is 0 Å². The largest absolute Gasteiger partial charge is 0.355 e. The third-order valence-electron chi connectivity index (χ3n) is 4.89. The minimum absolute atomic E-state index is 0.0698. The summed E-state index contributed by atoms with van der Waals surface area (Å²) in [6.07, 6.45) is 0.769. The molecular formula is C22H28N5OS+. The van der Waals surface area contributed by atoms with Gasteiger partial charge in [0.25, 0.3) is 5.91 Å². The molecule has 1 unspecified atom stereocenters. The van der Waals surface area contributed by atoms with Crippen molar-refractivity contribution in [2.24, 2.45) is 0 Å². The zero-order valence-corrected chi connectivity index (χ0v) is 18.0. The molecule has 2 N–H and O–H groups in total. The summed E-state index contributed by atoms with van der Waals surface area (Å²) in [5.41, 5.74) is 3.07. The zero-order valence-electron chi connectivity index (χ0n) is 17.2. The highest BCUT2D eigenvalue weighted by molar-refractivity contribution is 7.71. The molecule has 29 heavy (non-hydrogen) atoms. The second-order valence-electron chi connectivity index (χ2n) is 7.17. The van der Waals surface area contributed by atoms with Crippen LogP contribution in [0.4, 0.5) is 0 Å². The topological polar surface area (TPSA) is 56.3 Å². The molecule has 3 aromatic rings. The number of carbonyl (C=O) groups excluding carboxylic acids is 1. The van der Waals surface area contributed by atoms with E-state index >= 15 is 0 Å². The molecule has 3 rings (SSSR count). The number of hydrogen-bond donors (Lipinski definition) is 2. The van der Waals surface area contributed by atoms with E-state index in [1.165, 1.54) is 16.0 Å². The summed E-state index contributed by atoms with van der Waals surface area (Å²) in [6.45, 7) is 4.41. The van der Waals surface area contributed by atoms with Crippen LogP contribution in [-0.2, 0) is 26.2 Å². The molecule has 0 aliphatic rings. The van der Waals surface area contributed by atoms with Gasteiger partial charge in [0, 0.05) is 31.1 Å². The Kier molecular flexibility index (Phi) is 6.95. The number of rotatable bonds is 8. The molecule has 0 saturated carbocycles. The lowest BCUT2D eigenvalue weighted by Gasteiger charge is -2.14. The van der Waals surface area contributed by atoms with E-state index in [9.17, 15) is 4.79 Å². The molecular weight excluding hydrogens is 382 g/mol. The van der Waals surface area contributed by atoms with Crippen molar-refractivity contribution in [1.29, 1.82) is 0 Å². The lowest BCUT2D eigenvalue weighted by atomic mass is 10.1. The third kappa shape index (κ3) is 5.19. The van der Waals surface area contributed by atoms with Crippen molar-refractivity contribution >= 4 is 18.1 Å². The van der Waals surface area contributed by atoms with Crippen LogP contribution in [0.5, 0.6) is 0 Å². The highest BCUT2D eigenvalue weighted by atomic mass is 32.1. The molecule has 1 aromatic heterocycles. The van der Waals surface area contributed by atoms with E-state index in [0.717, 1.165) is 30.1 Å². The summed E-state index contributed by atoms with van der Waals surface area (Å²) >= 11 is 5.68. The smallest absolute Gasteiger partial charge is 0.251 e. The summed E-state index contributed by atoms with van der Waals surface area (Å²) in [4.78, 5) is 12.9. The number of nitrogens with one attached hydrogen (secondary N) is 2. The lowest BCUT2D eigenvalue weighted by Crippen LogP contribution is -3.07. The van der Waals surface area contributed by atoms with Crippen LogP contribution >= 0.6 is 12.2 Å². The number of amides is 1. The van der Waals surface area contributed by atoms with Crippen LogP contribution in [0, 0.1) is 4.77 Å². The standard InChI is InChI=1S/C22H27N5OS/c1-4-26-20(14-17-8-6-5-7-9-17)24-27(22(26)29)16-25(3)15-18-10-12-19(13-11-18)21(28)23-2/h5-13H,4,14-16H2,1-3H3,(H,23,28)/p+1. The van der Waals surface area contributed by atoms with E-state index in [0.29, 0.717) is 12.2 Å².